The number of hydrogen-bond donors (Lipinski definition) is 3. The molecule has 0 radical (unpaired) electrons. The quantitative estimate of drug-likeness (QED) is 0.754. The molecule has 0 aromatic heterocycles. The Hall–Kier alpha value is -1.44. The normalized spacial score (nSPS) is 18.7. The molecule has 1 aliphatic rings. The zero-order valence-corrected chi connectivity index (χ0v) is 12.9. The van der Waals surface area contributed by atoms with Gasteiger partial charge in [-0.3, -0.25) is 4.79 Å². The molecule has 1 aromatic carbocycles. The number of sulfonamides is 1. The Bertz CT molecular complexity index is 622. The number of aryl methyl sites for hydroxylation is 1. The van der Waals surface area contributed by atoms with Crippen LogP contribution in [0.25, 0.3) is 0 Å². The maximum atomic E-state index is 12.0. The summed E-state index contributed by atoms with van der Waals surface area (Å²) in [5.74, 6) is 0.448. The highest BCUT2D eigenvalue weighted by atomic mass is 32.2. The van der Waals surface area contributed by atoms with E-state index < -0.39 is 10.0 Å². The maximum Gasteiger partial charge on any atom is 0.238 e. The van der Waals surface area contributed by atoms with Crippen LogP contribution < -0.4 is 15.8 Å². The van der Waals surface area contributed by atoms with Crippen molar-refractivity contribution in [1.82, 2.24) is 5.32 Å². The number of carbonyl (C=O) groups excluding carboxylic acids is 1. The predicted molar refractivity (Wildman–Crippen MR) is 81.4 cm³/mol. The molecule has 4 N–H and O–H groups in total. The summed E-state index contributed by atoms with van der Waals surface area (Å²) >= 11 is 0. The lowest BCUT2D eigenvalue weighted by atomic mass is 10.0. The van der Waals surface area contributed by atoms with Crippen LogP contribution >= 0.6 is 0 Å². The van der Waals surface area contributed by atoms with E-state index in [0.29, 0.717) is 18.0 Å². The SMILES string of the molecule is Cc1ccc(S(N)(=O)=O)cc1NC(=O)CCC1CCNC1. The van der Waals surface area contributed by atoms with E-state index in [1.807, 2.05) is 6.92 Å². The molecule has 7 heteroatoms. The molecule has 6 nitrogen and oxygen atoms in total. The van der Waals surface area contributed by atoms with E-state index in [4.69, 9.17) is 5.14 Å². The number of carbonyl (C=O) groups is 1. The maximum absolute atomic E-state index is 12.0. The van der Waals surface area contributed by atoms with E-state index in [9.17, 15) is 13.2 Å². The number of amides is 1. The molecule has 21 heavy (non-hydrogen) atoms. The minimum absolute atomic E-state index is 0.00314. The van der Waals surface area contributed by atoms with E-state index in [0.717, 1.165) is 31.5 Å². The lowest BCUT2D eigenvalue weighted by molar-refractivity contribution is -0.116. The molecule has 1 aromatic rings. The van der Waals surface area contributed by atoms with Gasteiger partial charge < -0.3 is 10.6 Å². The molecule has 1 amide bonds. The van der Waals surface area contributed by atoms with Gasteiger partial charge in [-0.15, -0.1) is 0 Å². The minimum atomic E-state index is -3.76. The first kappa shape index (κ1) is 15.9. The lowest BCUT2D eigenvalue weighted by Crippen LogP contribution is -2.17. The molecule has 0 bridgehead atoms. The fourth-order valence-corrected chi connectivity index (χ4v) is 2.96. The first-order valence-corrected chi connectivity index (χ1v) is 8.55. The largest absolute Gasteiger partial charge is 0.326 e. The number of nitrogens with two attached hydrogens (primary N) is 1. The van der Waals surface area contributed by atoms with Crippen LogP contribution in [-0.2, 0) is 14.8 Å². The smallest absolute Gasteiger partial charge is 0.238 e. The zero-order chi connectivity index (χ0) is 15.5. The molecule has 1 aliphatic heterocycles. The first-order valence-electron chi connectivity index (χ1n) is 7.00. The molecular weight excluding hydrogens is 290 g/mol. The number of rotatable bonds is 5. The number of primary sulfonamides is 1. The average Bonchev–Trinajstić information content (AvgIpc) is 2.91. The summed E-state index contributed by atoms with van der Waals surface area (Å²) in [5.41, 5.74) is 1.30. The van der Waals surface area contributed by atoms with Gasteiger partial charge >= 0.3 is 0 Å². The summed E-state index contributed by atoms with van der Waals surface area (Å²) < 4.78 is 22.7. The second-order valence-electron chi connectivity index (χ2n) is 5.47. The molecule has 116 valence electrons. The first-order chi connectivity index (χ1) is 9.86. The van der Waals surface area contributed by atoms with Crippen LogP contribution in [-0.4, -0.2) is 27.4 Å². The number of hydrogen-bond acceptors (Lipinski definition) is 4. The van der Waals surface area contributed by atoms with Gasteiger partial charge in [0.15, 0.2) is 0 Å². The standard InChI is InChI=1S/C14H21N3O3S/c1-10-2-4-12(21(15,19)20)8-13(10)17-14(18)5-3-11-6-7-16-9-11/h2,4,8,11,16H,3,5-7,9H2,1H3,(H,17,18)(H2,15,19,20). The van der Waals surface area contributed by atoms with Gasteiger partial charge in [-0.2, -0.15) is 0 Å². The number of benzene rings is 1. The molecule has 1 fully saturated rings. The van der Waals surface area contributed by atoms with Crippen LogP contribution in [0.2, 0.25) is 0 Å². The van der Waals surface area contributed by atoms with Crippen molar-refractivity contribution in [3.63, 3.8) is 0 Å². The topological polar surface area (TPSA) is 101 Å². The Kier molecular flexibility index (Phi) is 4.97. The fourth-order valence-electron chi connectivity index (χ4n) is 2.42. The van der Waals surface area contributed by atoms with Crippen LogP contribution in [0.3, 0.4) is 0 Å². The molecule has 0 spiro atoms. The third kappa shape index (κ3) is 4.52. The summed E-state index contributed by atoms with van der Waals surface area (Å²) in [4.78, 5) is 12.0. The van der Waals surface area contributed by atoms with Gasteiger partial charge in [0.1, 0.15) is 0 Å². The second-order valence-corrected chi connectivity index (χ2v) is 7.03. The van der Waals surface area contributed by atoms with E-state index in [1.165, 1.54) is 12.1 Å². The molecule has 1 atom stereocenters. The molecule has 0 aliphatic carbocycles. The Balaban J connectivity index is 1.99. The van der Waals surface area contributed by atoms with E-state index in [1.54, 1.807) is 6.07 Å². The summed E-state index contributed by atoms with van der Waals surface area (Å²) in [6.07, 6.45) is 2.38. The van der Waals surface area contributed by atoms with Crippen molar-refractivity contribution in [3.05, 3.63) is 23.8 Å². The van der Waals surface area contributed by atoms with Crippen molar-refractivity contribution in [2.75, 3.05) is 18.4 Å². The van der Waals surface area contributed by atoms with Gasteiger partial charge in [-0.1, -0.05) is 6.07 Å². The summed E-state index contributed by atoms with van der Waals surface area (Å²) in [5, 5.41) is 11.1. The highest BCUT2D eigenvalue weighted by Crippen LogP contribution is 2.20. The lowest BCUT2D eigenvalue weighted by Gasteiger charge is -2.11. The Morgan fingerprint density at radius 3 is 2.86 bits per heavy atom. The second kappa shape index (κ2) is 6.55. The Morgan fingerprint density at radius 2 is 2.24 bits per heavy atom. The van der Waals surface area contributed by atoms with Crippen molar-refractivity contribution in [2.24, 2.45) is 11.1 Å². The average molecular weight is 311 g/mol. The molecule has 2 rings (SSSR count). The Labute approximate surface area is 125 Å². The summed E-state index contributed by atoms with van der Waals surface area (Å²) in [6.45, 7) is 3.79. The predicted octanol–water partition coefficient (Wildman–Crippen LogP) is 0.971. The molecule has 1 saturated heterocycles. The van der Waals surface area contributed by atoms with Crippen LogP contribution in [0.15, 0.2) is 23.1 Å². The van der Waals surface area contributed by atoms with Gasteiger partial charge in [0.25, 0.3) is 0 Å². The monoisotopic (exact) mass is 311 g/mol. The van der Waals surface area contributed by atoms with Crippen molar-refractivity contribution in [3.8, 4) is 0 Å². The van der Waals surface area contributed by atoms with Crippen molar-refractivity contribution in [2.45, 2.75) is 31.1 Å². The minimum Gasteiger partial charge on any atom is -0.326 e. The molecule has 1 unspecified atom stereocenters. The third-order valence-electron chi connectivity index (χ3n) is 3.75. The van der Waals surface area contributed by atoms with Crippen LogP contribution in [0.4, 0.5) is 5.69 Å². The Morgan fingerprint density at radius 1 is 1.48 bits per heavy atom. The van der Waals surface area contributed by atoms with Gasteiger partial charge in [0.05, 0.1) is 4.90 Å². The van der Waals surface area contributed by atoms with Gasteiger partial charge in [-0.05, 0) is 56.5 Å². The number of anilines is 1. The van der Waals surface area contributed by atoms with Crippen molar-refractivity contribution in [1.29, 1.82) is 0 Å². The zero-order valence-electron chi connectivity index (χ0n) is 12.1. The highest BCUT2D eigenvalue weighted by Gasteiger charge is 2.16. The highest BCUT2D eigenvalue weighted by molar-refractivity contribution is 7.89. The van der Waals surface area contributed by atoms with Crippen LogP contribution in [0.5, 0.6) is 0 Å². The van der Waals surface area contributed by atoms with Crippen LogP contribution in [0.1, 0.15) is 24.8 Å². The summed E-state index contributed by atoms with van der Waals surface area (Å²) in [7, 11) is -3.76. The van der Waals surface area contributed by atoms with E-state index in [2.05, 4.69) is 10.6 Å². The van der Waals surface area contributed by atoms with E-state index >= 15 is 0 Å². The molecular formula is C14H21N3O3S. The number of nitrogens with one attached hydrogen (secondary N) is 2. The van der Waals surface area contributed by atoms with Gasteiger partial charge in [0, 0.05) is 12.1 Å². The summed E-state index contributed by atoms with van der Waals surface area (Å²) in [6, 6.07) is 4.47. The molecule has 0 saturated carbocycles. The van der Waals surface area contributed by atoms with Crippen LogP contribution in [0, 0.1) is 12.8 Å². The fraction of sp³-hybridized carbons (Fsp3) is 0.500. The third-order valence-corrected chi connectivity index (χ3v) is 4.66. The van der Waals surface area contributed by atoms with E-state index in [-0.39, 0.29) is 10.8 Å². The van der Waals surface area contributed by atoms with Gasteiger partial charge in [-0.25, -0.2) is 13.6 Å². The molecule has 1 heterocycles. The van der Waals surface area contributed by atoms with Crippen molar-refractivity contribution >= 4 is 21.6 Å². The van der Waals surface area contributed by atoms with Gasteiger partial charge in [0.2, 0.25) is 15.9 Å². The van der Waals surface area contributed by atoms with Crippen molar-refractivity contribution < 1.29 is 13.2 Å².